The molecule has 1 saturated heterocycles. The second-order valence-corrected chi connectivity index (χ2v) is 5.01. The second kappa shape index (κ2) is 5.23. The molecule has 8 heteroatoms. The highest BCUT2D eigenvalue weighted by Gasteiger charge is 2.17. The first-order valence-corrected chi connectivity index (χ1v) is 6.93. The topological polar surface area (TPSA) is 84.4 Å². The number of nitrogens with zero attached hydrogens (tertiary/aromatic N) is 6. The number of rotatable bonds is 3. The van der Waals surface area contributed by atoms with Crippen molar-refractivity contribution in [3.8, 4) is 11.5 Å². The molecule has 1 aliphatic rings. The quantitative estimate of drug-likeness (QED) is 0.735. The summed E-state index contributed by atoms with van der Waals surface area (Å²) in [7, 11) is 0. The van der Waals surface area contributed by atoms with Crippen LogP contribution in [0.4, 0.5) is 0 Å². The smallest absolute Gasteiger partial charge is 0.261 e. The number of hydrogen-bond donors (Lipinski definition) is 1. The van der Waals surface area contributed by atoms with Gasteiger partial charge in [0.1, 0.15) is 0 Å². The SMILES string of the molecule is c1cn2ncc(-c3nc(CN4CCNCC4)no3)c2cn1. The first kappa shape index (κ1) is 12.4. The van der Waals surface area contributed by atoms with Crippen LogP contribution in [-0.2, 0) is 6.54 Å². The van der Waals surface area contributed by atoms with Crippen LogP contribution in [0.1, 0.15) is 5.82 Å². The predicted molar refractivity (Wildman–Crippen MR) is 74.4 cm³/mol. The molecule has 108 valence electrons. The molecule has 3 aromatic heterocycles. The minimum absolute atomic E-state index is 0.489. The van der Waals surface area contributed by atoms with Crippen LogP contribution in [-0.4, -0.2) is 55.8 Å². The predicted octanol–water partition coefficient (Wildman–Crippen LogP) is 0.184. The van der Waals surface area contributed by atoms with Crippen LogP contribution in [0.3, 0.4) is 0 Å². The molecule has 0 saturated carbocycles. The van der Waals surface area contributed by atoms with E-state index in [4.69, 9.17) is 4.52 Å². The Balaban J connectivity index is 1.59. The van der Waals surface area contributed by atoms with Gasteiger partial charge in [-0.3, -0.25) is 9.88 Å². The Morgan fingerprint density at radius 2 is 2.14 bits per heavy atom. The summed E-state index contributed by atoms with van der Waals surface area (Å²) in [6, 6.07) is 0. The Morgan fingerprint density at radius 3 is 3.05 bits per heavy atom. The van der Waals surface area contributed by atoms with Crippen molar-refractivity contribution >= 4 is 5.52 Å². The lowest BCUT2D eigenvalue weighted by Crippen LogP contribution is -2.43. The fourth-order valence-electron chi connectivity index (χ4n) is 2.50. The molecule has 4 rings (SSSR count). The van der Waals surface area contributed by atoms with Crippen molar-refractivity contribution in [3.05, 3.63) is 30.6 Å². The maximum Gasteiger partial charge on any atom is 0.261 e. The second-order valence-electron chi connectivity index (χ2n) is 5.01. The van der Waals surface area contributed by atoms with E-state index in [1.54, 1.807) is 29.3 Å². The van der Waals surface area contributed by atoms with E-state index in [2.05, 4.69) is 30.4 Å². The lowest BCUT2D eigenvalue weighted by Gasteiger charge is -2.25. The minimum Gasteiger partial charge on any atom is -0.334 e. The summed E-state index contributed by atoms with van der Waals surface area (Å²) in [6.07, 6.45) is 6.94. The molecule has 3 aromatic rings. The van der Waals surface area contributed by atoms with Gasteiger partial charge < -0.3 is 9.84 Å². The first-order valence-electron chi connectivity index (χ1n) is 6.93. The molecule has 0 amide bonds. The number of aromatic nitrogens is 5. The summed E-state index contributed by atoms with van der Waals surface area (Å²) in [6.45, 7) is 4.73. The van der Waals surface area contributed by atoms with Crippen molar-refractivity contribution in [2.75, 3.05) is 26.2 Å². The first-order chi connectivity index (χ1) is 10.4. The zero-order valence-electron chi connectivity index (χ0n) is 11.4. The van der Waals surface area contributed by atoms with Crippen molar-refractivity contribution in [1.82, 2.24) is 35.0 Å². The molecular formula is C13H15N7O. The molecule has 0 aliphatic carbocycles. The third-order valence-corrected chi connectivity index (χ3v) is 3.60. The third kappa shape index (κ3) is 2.39. The van der Waals surface area contributed by atoms with Gasteiger partial charge in [0.15, 0.2) is 5.82 Å². The van der Waals surface area contributed by atoms with E-state index in [9.17, 15) is 0 Å². The molecule has 1 fully saturated rings. The summed E-state index contributed by atoms with van der Waals surface area (Å²) in [4.78, 5) is 10.9. The molecule has 0 atom stereocenters. The van der Waals surface area contributed by atoms with Gasteiger partial charge in [-0.15, -0.1) is 0 Å². The van der Waals surface area contributed by atoms with Crippen molar-refractivity contribution in [1.29, 1.82) is 0 Å². The highest BCUT2D eigenvalue weighted by molar-refractivity contribution is 5.73. The van der Waals surface area contributed by atoms with Crippen molar-refractivity contribution in [3.63, 3.8) is 0 Å². The van der Waals surface area contributed by atoms with Gasteiger partial charge in [-0.05, 0) is 0 Å². The Morgan fingerprint density at radius 1 is 1.24 bits per heavy atom. The van der Waals surface area contributed by atoms with E-state index < -0.39 is 0 Å². The highest BCUT2D eigenvalue weighted by Crippen LogP contribution is 2.22. The van der Waals surface area contributed by atoms with E-state index in [-0.39, 0.29) is 0 Å². The van der Waals surface area contributed by atoms with Crippen LogP contribution >= 0.6 is 0 Å². The van der Waals surface area contributed by atoms with Gasteiger partial charge in [-0.2, -0.15) is 10.1 Å². The molecule has 8 nitrogen and oxygen atoms in total. The molecule has 0 bridgehead atoms. The van der Waals surface area contributed by atoms with Crippen LogP contribution in [0.25, 0.3) is 17.0 Å². The van der Waals surface area contributed by atoms with E-state index in [1.165, 1.54) is 0 Å². The summed E-state index contributed by atoms with van der Waals surface area (Å²) in [5, 5.41) is 11.6. The van der Waals surface area contributed by atoms with Crippen LogP contribution < -0.4 is 5.32 Å². The maximum absolute atomic E-state index is 5.37. The molecule has 1 N–H and O–H groups in total. The number of piperazine rings is 1. The van der Waals surface area contributed by atoms with E-state index in [0.29, 0.717) is 18.3 Å². The summed E-state index contributed by atoms with van der Waals surface area (Å²) < 4.78 is 7.11. The molecule has 1 aliphatic heterocycles. The number of fused-ring (bicyclic) bond motifs is 1. The standard InChI is InChI=1S/C13H15N7O/c1-4-19(5-2-14-1)9-12-17-13(21-18-12)10-7-16-20-6-3-15-8-11(10)20/h3,6-8,14H,1-2,4-5,9H2. The van der Waals surface area contributed by atoms with E-state index >= 15 is 0 Å². The third-order valence-electron chi connectivity index (χ3n) is 3.60. The molecule has 0 spiro atoms. The molecule has 0 unspecified atom stereocenters. The van der Waals surface area contributed by atoms with E-state index in [0.717, 1.165) is 37.3 Å². The van der Waals surface area contributed by atoms with Gasteiger partial charge >= 0.3 is 0 Å². The summed E-state index contributed by atoms with van der Waals surface area (Å²) >= 11 is 0. The Bertz CT molecular complexity index is 744. The fraction of sp³-hybridized carbons (Fsp3) is 0.385. The average Bonchev–Trinajstić information content (AvgIpc) is 3.14. The molecule has 0 aromatic carbocycles. The normalized spacial score (nSPS) is 16.6. The number of nitrogens with one attached hydrogen (secondary N) is 1. The Hall–Kier alpha value is -2.32. The molecule has 0 radical (unpaired) electrons. The Kier molecular flexibility index (Phi) is 3.09. The lowest BCUT2D eigenvalue weighted by atomic mass is 10.3. The maximum atomic E-state index is 5.37. The van der Waals surface area contributed by atoms with Crippen molar-refractivity contribution < 1.29 is 4.52 Å². The van der Waals surface area contributed by atoms with Gasteiger partial charge in [-0.1, -0.05) is 5.16 Å². The van der Waals surface area contributed by atoms with Gasteiger partial charge in [-0.25, -0.2) is 4.52 Å². The van der Waals surface area contributed by atoms with Crippen LogP contribution in [0.5, 0.6) is 0 Å². The number of hydrogen-bond acceptors (Lipinski definition) is 7. The van der Waals surface area contributed by atoms with Crippen molar-refractivity contribution in [2.24, 2.45) is 0 Å². The zero-order valence-corrected chi connectivity index (χ0v) is 11.4. The zero-order chi connectivity index (χ0) is 14.1. The van der Waals surface area contributed by atoms with Gasteiger partial charge in [0.2, 0.25) is 0 Å². The summed E-state index contributed by atoms with van der Waals surface area (Å²) in [5.41, 5.74) is 1.66. The minimum atomic E-state index is 0.489. The van der Waals surface area contributed by atoms with Crippen LogP contribution in [0.15, 0.2) is 29.3 Å². The fourth-order valence-corrected chi connectivity index (χ4v) is 2.50. The van der Waals surface area contributed by atoms with E-state index in [1.807, 2.05) is 0 Å². The monoisotopic (exact) mass is 285 g/mol. The molecular weight excluding hydrogens is 270 g/mol. The van der Waals surface area contributed by atoms with Crippen molar-refractivity contribution in [2.45, 2.75) is 6.54 Å². The van der Waals surface area contributed by atoms with Gasteiger partial charge in [0, 0.05) is 38.6 Å². The molecule has 21 heavy (non-hydrogen) atoms. The molecule has 4 heterocycles. The van der Waals surface area contributed by atoms with Gasteiger partial charge in [0.25, 0.3) is 5.89 Å². The summed E-state index contributed by atoms with van der Waals surface area (Å²) in [5.74, 6) is 1.19. The van der Waals surface area contributed by atoms with Crippen LogP contribution in [0.2, 0.25) is 0 Å². The highest BCUT2D eigenvalue weighted by atomic mass is 16.5. The van der Waals surface area contributed by atoms with Crippen LogP contribution in [0, 0.1) is 0 Å². The Labute approximate surface area is 120 Å². The largest absolute Gasteiger partial charge is 0.334 e. The van der Waals surface area contributed by atoms with Gasteiger partial charge in [0.05, 0.1) is 30.0 Å². The average molecular weight is 285 g/mol. The lowest BCUT2D eigenvalue weighted by molar-refractivity contribution is 0.225.